The highest BCUT2D eigenvalue weighted by molar-refractivity contribution is 5.64. The van der Waals surface area contributed by atoms with Gasteiger partial charge in [-0.25, -0.2) is 0 Å². The molecule has 0 unspecified atom stereocenters. The van der Waals surface area contributed by atoms with Crippen molar-refractivity contribution < 1.29 is 0 Å². The smallest absolute Gasteiger partial charge is 0.0958 e. The van der Waals surface area contributed by atoms with Gasteiger partial charge in [-0.15, -0.1) is 0 Å². The summed E-state index contributed by atoms with van der Waals surface area (Å²) >= 11 is 0. The molecule has 0 N–H and O–H groups in total. The van der Waals surface area contributed by atoms with Crippen molar-refractivity contribution in [1.29, 1.82) is 0 Å². The third kappa shape index (κ3) is 3.22. The number of fused-ring (bicyclic) bond motifs is 1. The lowest BCUT2D eigenvalue weighted by Crippen LogP contribution is -2.26. The summed E-state index contributed by atoms with van der Waals surface area (Å²) in [5.74, 6) is 0. The van der Waals surface area contributed by atoms with E-state index in [0.717, 1.165) is 43.9 Å². The van der Waals surface area contributed by atoms with E-state index in [9.17, 15) is 0 Å². The Morgan fingerprint density at radius 2 is 1.80 bits per heavy atom. The topological polar surface area (TPSA) is 34.0 Å². The van der Waals surface area contributed by atoms with Gasteiger partial charge in [-0.05, 0) is 25.0 Å². The highest BCUT2D eigenvalue weighted by Crippen LogP contribution is 2.28. The molecule has 0 saturated heterocycles. The molecule has 4 nitrogen and oxygen atoms in total. The van der Waals surface area contributed by atoms with Crippen molar-refractivity contribution in [3.8, 4) is 11.3 Å². The van der Waals surface area contributed by atoms with Crippen LogP contribution in [0.4, 0.5) is 0 Å². The van der Waals surface area contributed by atoms with Gasteiger partial charge >= 0.3 is 0 Å². The van der Waals surface area contributed by atoms with Crippen LogP contribution < -0.4 is 0 Å². The number of aromatic nitrogens is 3. The van der Waals surface area contributed by atoms with Gasteiger partial charge in [0, 0.05) is 61.8 Å². The molecule has 1 aliphatic heterocycles. The monoisotopic (exact) mass is 332 g/mol. The van der Waals surface area contributed by atoms with Gasteiger partial charge < -0.3 is 0 Å². The van der Waals surface area contributed by atoms with E-state index in [0.29, 0.717) is 0 Å². The van der Waals surface area contributed by atoms with E-state index in [1.807, 2.05) is 12.3 Å². The van der Waals surface area contributed by atoms with Crippen molar-refractivity contribution in [2.24, 2.45) is 7.05 Å². The predicted molar refractivity (Wildman–Crippen MR) is 100 cm³/mol. The van der Waals surface area contributed by atoms with E-state index in [1.165, 1.54) is 22.4 Å². The minimum absolute atomic E-state index is 0.974. The quantitative estimate of drug-likeness (QED) is 0.737. The SMILES string of the molecule is Cc1ncccc1CN1CCc2c(-c3ccccc3)nn(C)c2CC1. The number of benzene rings is 1. The lowest BCUT2D eigenvalue weighted by molar-refractivity contribution is 0.277. The van der Waals surface area contributed by atoms with Gasteiger partial charge in [0.1, 0.15) is 0 Å². The van der Waals surface area contributed by atoms with E-state index < -0.39 is 0 Å². The summed E-state index contributed by atoms with van der Waals surface area (Å²) < 4.78 is 2.08. The van der Waals surface area contributed by atoms with E-state index >= 15 is 0 Å². The van der Waals surface area contributed by atoms with Crippen LogP contribution in [0.1, 0.15) is 22.5 Å². The first-order chi connectivity index (χ1) is 12.2. The maximum Gasteiger partial charge on any atom is 0.0958 e. The number of aryl methyl sites for hydroxylation is 2. The zero-order valence-corrected chi connectivity index (χ0v) is 14.9. The third-order valence-corrected chi connectivity index (χ3v) is 5.18. The normalized spacial score (nSPS) is 15.0. The molecular formula is C21H24N4. The lowest BCUT2D eigenvalue weighted by Gasteiger charge is -2.20. The molecule has 0 saturated carbocycles. The first-order valence-corrected chi connectivity index (χ1v) is 8.95. The van der Waals surface area contributed by atoms with E-state index in [4.69, 9.17) is 5.10 Å². The molecule has 0 amide bonds. The van der Waals surface area contributed by atoms with Crippen LogP contribution in [-0.2, 0) is 26.4 Å². The minimum atomic E-state index is 0.974. The van der Waals surface area contributed by atoms with E-state index in [1.54, 1.807) is 0 Å². The largest absolute Gasteiger partial charge is 0.298 e. The molecule has 25 heavy (non-hydrogen) atoms. The van der Waals surface area contributed by atoms with Crippen LogP contribution in [0.5, 0.6) is 0 Å². The molecule has 4 heteroatoms. The van der Waals surface area contributed by atoms with Crippen molar-refractivity contribution >= 4 is 0 Å². The van der Waals surface area contributed by atoms with Crippen molar-refractivity contribution in [2.45, 2.75) is 26.3 Å². The summed E-state index contributed by atoms with van der Waals surface area (Å²) in [4.78, 5) is 6.97. The maximum atomic E-state index is 4.82. The maximum absolute atomic E-state index is 4.82. The van der Waals surface area contributed by atoms with Crippen LogP contribution in [0.3, 0.4) is 0 Å². The molecule has 0 fully saturated rings. The second-order valence-electron chi connectivity index (χ2n) is 6.79. The molecule has 0 aliphatic carbocycles. The van der Waals surface area contributed by atoms with Crippen LogP contribution in [0.2, 0.25) is 0 Å². The molecular weight excluding hydrogens is 308 g/mol. The molecule has 1 aliphatic rings. The molecule has 0 atom stereocenters. The molecule has 2 aromatic heterocycles. The third-order valence-electron chi connectivity index (χ3n) is 5.18. The number of hydrogen-bond acceptors (Lipinski definition) is 3. The predicted octanol–water partition coefficient (Wildman–Crippen LogP) is 3.39. The Morgan fingerprint density at radius 3 is 2.60 bits per heavy atom. The van der Waals surface area contributed by atoms with Crippen LogP contribution in [0, 0.1) is 6.92 Å². The lowest BCUT2D eigenvalue weighted by atomic mass is 10.0. The standard InChI is InChI=1S/C21H24N4/c1-16-18(9-6-12-22-16)15-25-13-10-19-20(11-14-25)24(2)23-21(19)17-7-4-3-5-8-17/h3-9,12H,10-11,13-15H2,1-2H3. The van der Waals surface area contributed by atoms with Gasteiger partial charge in [-0.1, -0.05) is 36.4 Å². The van der Waals surface area contributed by atoms with Crippen LogP contribution >= 0.6 is 0 Å². The molecule has 128 valence electrons. The first-order valence-electron chi connectivity index (χ1n) is 8.95. The summed E-state index contributed by atoms with van der Waals surface area (Å²) in [6, 6.07) is 14.8. The number of pyridine rings is 1. The Morgan fingerprint density at radius 1 is 1.00 bits per heavy atom. The number of nitrogens with zero attached hydrogens (tertiary/aromatic N) is 4. The molecule has 0 bridgehead atoms. The minimum Gasteiger partial charge on any atom is -0.298 e. The molecule has 1 aromatic carbocycles. The highest BCUT2D eigenvalue weighted by atomic mass is 15.3. The summed E-state index contributed by atoms with van der Waals surface area (Å²) in [5, 5.41) is 4.82. The number of hydrogen-bond donors (Lipinski definition) is 0. The molecule has 4 rings (SSSR count). The Labute approximate surface area is 149 Å². The summed E-state index contributed by atoms with van der Waals surface area (Å²) in [7, 11) is 2.08. The van der Waals surface area contributed by atoms with Crippen molar-refractivity contribution in [3.05, 3.63) is 71.2 Å². The fourth-order valence-corrected chi connectivity index (χ4v) is 3.74. The van der Waals surface area contributed by atoms with Gasteiger partial charge in [-0.3, -0.25) is 14.6 Å². The highest BCUT2D eigenvalue weighted by Gasteiger charge is 2.22. The van der Waals surface area contributed by atoms with E-state index in [-0.39, 0.29) is 0 Å². The summed E-state index contributed by atoms with van der Waals surface area (Å²) in [6.45, 7) is 5.20. The Balaban J connectivity index is 1.57. The fourth-order valence-electron chi connectivity index (χ4n) is 3.74. The number of rotatable bonds is 3. The molecule has 3 aromatic rings. The second kappa shape index (κ2) is 6.81. The summed E-state index contributed by atoms with van der Waals surface area (Å²) in [6.07, 6.45) is 3.96. The van der Waals surface area contributed by atoms with Gasteiger partial charge in [0.2, 0.25) is 0 Å². The van der Waals surface area contributed by atoms with E-state index in [2.05, 4.69) is 64.9 Å². The van der Waals surface area contributed by atoms with Gasteiger partial charge in [0.25, 0.3) is 0 Å². The van der Waals surface area contributed by atoms with Gasteiger partial charge in [-0.2, -0.15) is 5.10 Å². The zero-order chi connectivity index (χ0) is 17.2. The Bertz CT molecular complexity index is 867. The first kappa shape index (κ1) is 16.0. The van der Waals surface area contributed by atoms with Crippen molar-refractivity contribution in [1.82, 2.24) is 19.7 Å². The average Bonchev–Trinajstić information content (AvgIpc) is 2.81. The van der Waals surface area contributed by atoms with Crippen molar-refractivity contribution in [3.63, 3.8) is 0 Å². The van der Waals surface area contributed by atoms with Crippen LogP contribution in [-0.4, -0.2) is 32.8 Å². The second-order valence-corrected chi connectivity index (χ2v) is 6.79. The summed E-state index contributed by atoms with van der Waals surface area (Å²) in [5.41, 5.74) is 7.63. The molecule has 0 radical (unpaired) electrons. The molecule has 3 heterocycles. The Kier molecular flexibility index (Phi) is 4.36. The molecule has 0 spiro atoms. The van der Waals surface area contributed by atoms with Crippen LogP contribution in [0.25, 0.3) is 11.3 Å². The Hall–Kier alpha value is -2.46. The average molecular weight is 332 g/mol. The van der Waals surface area contributed by atoms with Crippen LogP contribution in [0.15, 0.2) is 48.7 Å². The van der Waals surface area contributed by atoms with Gasteiger partial charge in [0.05, 0.1) is 5.69 Å². The van der Waals surface area contributed by atoms with Crippen molar-refractivity contribution in [2.75, 3.05) is 13.1 Å². The van der Waals surface area contributed by atoms with Gasteiger partial charge in [0.15, 0.2) is 0 Å². The zero-order valence-electron chi connectivity index (χ0n) is 14.9. The fraction of sp³-hybridized carbons (Fsp3) is 0.333.